The molecule has 5 N–H and O–H groups in total. The lowest BCUT2D eigenvalue weighted by molar-refractivity contribution is -0.142. The fraction of sp³-hybridized carbons (Fsp3) is 0.875. The Morgan fingerprint density at radius 1 is 1.28 bits per heavy atom. The Balaban J connectivity index is 4.29. The van der Waals surface area contributed by atoms with Gasteiger partial charge in [-0.1, -0.05) is 0 Å². The molecule has 0 spiro atoms. The predicted octanol–water partition coefficient (Wildman–Crippen LogP) is -2.22. The fourth-order valence-corrected chi connectivity index (χ4v) is 1.63. The van der Waals surface area contributed by atoms with Crippen molar-refractivity contribution in [2.45, 2.75) is 25.2 Å². The number of aliphatic hydroxyl groups excluding tert-OH is 4. The number of rotatable bonds is 9. The van der Waals surface area contributed by atoms with Crippen LogP contribution in [0.3, 0.4) is 0 Å². The zero-order valence-electron chi connectivity index (χ0n) is 9.67. The molecular weight excluding hydrogens is 271 g/mol. The van der Waals surface area contributed by atoms with Crippen LogP contribution in [0.15, 0.2) is 0 Å². The first-order valence-corrected chi connectivity index (χ1v) is 6.54. The predicted molar refractivity (Wildman–Crippen MR) is 57.5 cm³/mol. The Morgan fingerprint density at radius 2 is 1.83 bits per heavy atom. The monoisotopic (exact) mass is 288 g/mol. The Hall–Kier alpha value is -0.380. The Labute approximate surface area is 103 Å². The van der Waals surface area contributed by atoms with Crippen LogP contribution >= 0.6 is 7.82 Å². The molecular formula is C8H17O9P. The lowest BCUT2D eigenvalue weighted by atomic mass is 10.1. The molecule has 0 aromatic carbocycles. The zero-order valence-corrected chi connectivity index (χ0v) is 10.6. The molecule has 1 unspecified atom stereocenters. The summed E-state index contributed by atoms with van der Waals surface area (Å²) in [6.07, 6.45) is -5.68. The van der Waals surface area contributed by atoms with Crippen molar-refractivity contribution in [3.63, 3.8) is 0 Å². The van der Waals surface area contributed by atoms with Crippen LogP contribution in [-0.2, 0) is 18.4 Å². The molecule has 10 heteroatoms. The molecule has 9 nitrogen and oxygen atoms in total. The molecule has 0 aromatic rings. The van der Waals surface area contributed by atoms with Crippen molar-refractivity contribution in [3.8, 4) is 0 Å². The van der Waals surface area contributed by atoms with Gasteiger partial charge in [0.25, 0.3) is 0 Å². The fourth-order valence-electron chi connectivity index (χ4n) is 0.940. The van der Waals surface area contributed by atoms with Gasteiger partial charge in [0, 0.05) is 0 Å². The van der Waals surface area contributed by atoms with Crippen molar-refractivity contribution < 1.29 is 43.7 Å². The molecule has 0 fully saturated rings. The molecule has 0 rings (SSSR count). The Morgan fingerprint density at radius 3 is 2.28 bits per heavy atom. The van der Waals surface area contributed by atoms with Gasteiger partial charge in [-0.15, -0.1) is 0 Å². The first kappa shape index (κ1) is 17.6. The van der Waals surface area contributed by atoms with Gasteiger partial charge < -0.3 is 25.3 Å². The normalized spacial score (nSPS) is 19.9. The number of ketones is 1. The number of hydrogen-bond donors (Lipinski definition) is 5. The lowest BCUT2D eigenvalue weighted by Gasteiger charge is -2.20. The smallest absolute Gasteiger partial charge is 0.394 e. The third-order valence-corrected chi connectivity index (χ3v) is 2.94. The van der Waals surface area contributed by atoms with Crippen LogP contribution in [0.4, 0.5) is 0 Å². The van der Waals surface area contributed by atoms with E-state index in [9.17, 15) is 19.6 Å². The molecule has 0 amide bonds. The van der Waals surface area contributed by atoms with E-state index in [1.807, 2.05) is 0 Å². The van der Waals surface area contributed by atoms with Gasteiger partial charge in [-0.3, -0.25) is 13.8 Å². The third-order valence-electron chi connectivity index (χ3n) is 1.90. The molecule has 0 aliphatic rings. The largest absolute Gasteiger partial charge is 0.472 e. The van der Waals surface area contributed by atoms with Crippen molar-refractivity contribution in [2.24, 2.45) is 0 Å². The van der Waals surface area contributed by atoms with Gasteiger partial charge in [-0.05, 0) is 6.92 Å². The molecule has 0 bridgehead atoms. The molecule has 0 saturated heterocycles. The molecule has 4 atom stereocenters. The summed E-state index contributed by atoms with van der Waals surface area (Å²) in [4.78, 5) is 20.2. The average Bonchev–Trinajstić information content (AvgIpc) is 2.33. The van der Waals surface area contributed by atoms with Crippen LogP contribution in [0.1, 0.15) is 6.92 Å². The Kier molecular flexibility index (Phi) is 7.76. The molecule has 108 valence electrons. The number of hydrogen-bond acceptors (Lipinski definition) is 8. The van der Waals surface area contributed by atoms with Crippen LogP contribution in [-0.4, -0.2) is 69.2 Å². The zero-order chi connectivity index (χ0) is 14.3. The van der Waals surface area contributed by atoms with E-state index in [1.54, 1.807) is 0 Å². The first-order chi connectivity index (χ1) is 8.25. The van der Waals surface area contributed by atoms with E-state index in [1.165, 1.54) is 6.92 Å². The Bertz CT molecular complexity index is 307. The number of aliphatic hydroxyl groups is 4. The second-order valence-electron chi connectivity index (χ2n) is 3.31. The summed E-state index contributed by atoms with van der Waals surface area (Å²) in [5, 5.41) is 35.9. The highest BCUT2D eigenvalue weighted by Crippen LogP contribution is 2.42. The number of carbonyl (C=O) groups is 1. The quantitative estimate of drug-likeness (QED) is 0.297. The van der Waals surface area contributed by atoms with Crippen molar-refractivity contribution in [1.82, 2.24) is 0 Å². The maximum absolute atomic E-state index is 11.2. The highest BCUT2D eigenvalue weighted by Gasteiger charge is 2.31. The van der Waals surface area contributed by atoms with Crippen molar-refractivity contribution in [1.29, 1.82) is 0 Å². The minimum Gasteiger partial charge on any atom is -0.394 e. The van der Waals surface area contributed by atoms with E-state index < -0.39 is 45.1 Å². The molecule has 0 aromatic heterocycles. The van der Waals surface area contributed by atoms with Gasteiger partial charge in [0.1, 0.15) is 24.9 Å². The average molecular weight is 288 g/mol. The minimum absolute atomic E-state index is 0.115. The number of phosphoric ester groups is 1. The number of Topliss-reactive ketones (excluding diaryl/α,β-unsaturated/α-hetero) is 1. The van der Waals surface area contributed by atoms with Gasteiger partial charge in [0.15, 0.2) is 5.78 Å². The van der Waals surface area contributed by atoms with Crippen LogP contribution in [0.5, 0.6) is 0 Å². The van der Waals surface area contributed by atoms with E-state index in [-0.39, 0.29) is 6.61 Å². The summed E-state index contributed by atoms with van der Waals surface area (Å²) in [5.41, 5.74) is 0. The number of phosphoric acid groups is 1. The summed E-state index contributed by atoms with van der Waals surface area (Å²) in [6.45, 7) is -0.519. The highest BCUT2D eigenvalue weighted by atomic mass is 31.2. The van der Waals surface area contributed by atoms with Crippen molar-refractivity contribution in [3.05, 3.63) is 0 Å². The molecule has 0 aliphatic heterocycles. The maximum Gasteiger partial charge on any atom is 0.472 e. The summed E-state index contributed by atoms with van der Waals surface area (Å²) in [7, 11) is -4.37. The van der Waals surface area contributed by atoms with Gasteiger partial charge in [0.05, 0.1) is 13.2 Å². The van der Waals surface area contributed by atoms with Crippen molar-refractivity contribution >= 4 is 13.6 Å². The second-order valence-corrected chi connectivity index (χ2v) is 4.76. The van der Waals surface area contributed by atoms with Crippen LogP contribution < -0.4 is 0 Å². The van der Waals surface area contributed by atoms with E-state index >= 15 is 0 Å². The summed E-state index contributed by atoms with van der Waals surface area (Å²) >= 11 is 0. The summed E-state index contributed by atoms with van der Waals surface area (Å²) < 4.78 is 19.6. The standard InChI is InChI=1S/C8H17O9P/c1-2-16-18(14,15)17-4-6(11)8(13)7(12)5(10)3-9/h5,7-10,12-13H,2-4H2,1H3,(H,14,15)/t5-,7+,8+/m0/s1. The first-order valence-electron chi connectivity index (χ1n) is 5.04. The molecule has 0 saturated carbocycles. The van der Waals surface area contributed by atoms with Crippen LogP contribution in [0.2, 0.25) is 0 Å². The van der Waals surface area contributed by atoms with E-state index in [2.05, 4.69) is 9.05 Å². The molecule has 0 heterocycles. The molecule has 0 aliphatic carbocycles. The third kappa shape index (κ3) is 5.98. The van der Waals surface area contributed by atoms with Crippen LogP contribution in [0.25, 0.3) is 0 Å². The number of carbonyl (C=O) groups excluding carboxylic acids is 1. The van der Waals surface area contributed by atoms with E-state index in [0.717, 1.165) is 0 Å². The minimum atomic E-state index is -4.37. The van der Waals surface area contributed by atoms with Gasteiger partial charge in [0.2, 0.25) is 0 Å². The summed E-state index contributed by atoms with van der Waals surface area (Å²) in [6, 6.07) is 0. The van der Waals surface area contributed by atoms with Gasteiger partial charge >= 0.3 is 7.82 Å². The lowest BCUT2D eigenvalue weighted by Crippen LogP contribution is -2.45. The molecule has 0 radical (unpaired) electrons. The van der Waals surface area contributed by atoms with E-state index in [0.29, 0.717) is 0 Å². The van der Waals surface area contributed by atoms with Crippen LogP contribution in [0, 0.1) is 0 Å². The van der Waals surface area contributed by atoms with Gasteiger partial charge in [-0.2, -0.15) is 0 Å². The second kappa shape index (κ2) is 7.93. The topological polar surface area (TPSA) is 154 Å². The van der Waals surface area contributed by atoms with Gasteiger partial charge in [-0.25, -0.2) is 4.57 Å². The summed E-state index contributed by atoms with van der Waals surface area (Å²) in [5.74, 6) is -1.14. The van der Waals surface area contributed by atoms with Crippen molar-refractivity contribution in [2.75, 3.05) is 19.8 Å². The highest BCUT2D eigenvalue weighted by molar-refractivity contribution is 7.47. The SMILES string of the molecule is CCOP(=O)(O)OCC(=O)[C@@H](O)[C@H](O)[C@@H](O)CO. The maximum atomic E-state index is 11.2. The molecule has 18 heavy (non-hydrogen) atoms. The van der Waals surface area contributed by atoms with E-state index in [4.69, 9.17) is 15.1 Å².